The highest BCUT2D eigenvalue weighted by molar-refractivity contribution is 5.96. The number of anilines is 1. The normalized spacial score (nSPS) is 10.3. The van der Waals surface area contributed by atoms with Gasteiger partial charge in [0.2, 0.25) is 0 Å². The highest BCUT2D eigenvalue weighted by Crippen LogP contribution is 2.27. The molecule has 126 valence electrons. The van der Waals surface area contributed by atoms with Crippen molar-refractivity contribution in [3.63, 3.8) is 0 Å². The summed E-state index contributed by atoms with van der Waals surface area (Å²) in [7, 11) is 0. The maximum atomic E-state index is 13.1. The first-order valence-corrected chi connectivity index (χ1v) is 7.65. The van der Waals surface area contributed by atoms with E-state index in [1.54, 1.807) is 6.07 Å². The highest BCUT2D eigenvalue weighted by Gasteiger charge is 2.10. The van der Waals surface area contributed by atoms with Crippen molar-refractivity contribution in [1.82, 2.24) is 0 Å². The predicted octanol–water partition coefficient (Wildman–Crippen LogP) is 4.65. The number of carbonyl (C=O) groups is 1. The fourth-order valence-electron chi connectivity index (χ4n) is 2.36. The van der Waals surface area contributed by atoms with Crippen LogP contribution in [0.3, 0.4) is 0 Å². The van der Waals surface area contributed by atoms with Crippen LogP contribution in [0.2, 0.25) is 0 Å². The molecule has 0 atom stereocenters. The summed E-state index contributed by atoms with van der Waals surface area (Å²) in [5.74, 6) is -2.29. The molecule has 0 heterocycles. The van der Waals surface area contributed by atoms with E-state index in [9.17, 15) is 13.6 Å². The van der Waals surface area contributed by atoms with Crippen LogP contribution in [0.1, 0.15) is 0 Å². The number of benzene rings is 3. The van der Waals surface area contributed by atoms with Crippen LogP contribution in [0, 0.1) is 11.6 Å². The molecular weight excluding hydrogens is 324 g/mol. The third kappa shape index (κ3) is 4.20. The zero-order valence-corrected chi connectivity index (χ0v) is 13.2. The highest BCUT2D eigenvalue weighted by atomic mass is 19.2. The maximum Gasteiger partial charge on any atom is 0.262 e. The molecule has 5 heteroatoms. The van der Waals surface area contributed by atoms with Gasteiger partial charge < -0.3 is 10.1 Å². The molecule has 0 aliphatic carbocycles. The van der Waals surface area contributed by atoms with Crippen molar-refractivity contribution in [1.29, 1.82) is 0 Å². The summed E-state index contributed by atoms with van der Waals surface area (Å²) in [4.78, 5) is 12.1. The number of halogens is 2. The van der Waals surface area contributed by atoms with Gasteiger partial charge in [-0.25, -0.2) is 8.78 Å². The van der Waals surface area contributed by atoms with Gasteiger partial charge in [0, 0.05) is 17.3 Å². The Kier molecular flexibility index (Phi) is 5.04. The fourth-order valence-corrected chi connectivity index (χ4v) is 2.36. The number of carbonyl (C=O) groups excluding carboxylic acids is 1. The van der Waals surface area contributed by atoms with Gasteiger partial charge in [-0.15, -0.1) is 0 Å². The van der Waals surface area contributed by atoms with Crippen LogP contribution < -0.4 is 10.1 Å². The Morgan fingerprint density at radius 1 is 0.880 bits per heavy atom. The second-order valence-corrected chi connectivity index (χ2v) is 5.32. The first kappa shape index (κ1) is 16.6. The number of para-hydroxylation sites is 1. The molecular formula is C20H15F2NO2. The summed E-state index contributed by atoms with van der Waals surface area (Å²) in [6.45, 7) is -0.311. The number of ether oxygens (including phenoxy) is 1. The van der Waals surface area contributed by atoms with Gasteiger partial charge in [0.05, 0.1) is 0 Å². The molecule has 3 aromatic carbocycles. The topological polar surface area (TPSA) is 38.3 Å². The third-order valence-electron chi connectivity index (χ3n) is 3.55. The van der Waals surface area contributed by atoms with Crippen molar-refractivity contribution >= 4 is 11.6 Å². The molecule has 0 fully saturated rings. The first-order chi connectivity index (χ1) is 12.1. The molecule has 25 heavy (non-hydrogen) atoms. The molecule has 0 saturated carbocycles. The molecule has 1 N–H and O–H groups in total. The average molecular weight is 339 g/mol. The van der Waals surface area contributed by atoms with E-state index in [2.05, 4.69) is 5.32 Å². The molecule has 0 aliphatic rings. The Balaban J connectivity index is 1.68. The van der Waals surface area contributed by atoms with Gasteiger partial charge in [-0.05, 0) is 23.8 Å². The minimum atomic E-state index is -1.02. The Morgan fingerprint density at radius 2 is 1.60 bits per heavy atom. The minimum absolute atomic E-state index is 0.0883. The smallest absolute Gasteiger partial charge is 0.262 e. The van der Waals surface area contributed by atoms with Gasteiger partial charge in [-0.2, -0.15) is 0 Å². The quantitative estimate of drug-likeness (QED) is 0.735. The molecule has 0 saturated heterocycles. The number of nitrogens with one attached hydrogen (secondary N) is 1. The van der Waals surface area contributed by atoms with E-state index in [0.717, 1.165) is 23.3 Å². The predicted molar refractivity (Wildman–Crippen MR) is 92.4 cm³/mol. The first-order valence-electron chi connectivity index (χ1n) is 7.65. The summed E-state index contributed by atoms with van der Waals surface area (Å²) in [6.07, 6.45) is 0. The van der Waals surface area contributed by atoms with Crippen molar-refractivity contribution in [2.45, 2.75) is 0 Å². The van der Waals surface area contributed by atoms with Gasteiger partial charge in [0.15, 0.2) is 18.2 Å². The van der Waals surface area contributed by atoms with Crippen molar-refractivity contribution in [2.75, 3.05) is 11.9 Å². The van der Waals surface area contributed by atoms with Gasteiger partial charge in [0.1, 0.15) is 5.75 Å². The number of hydrogen-bond donors (Lipinski definition) is 1. The minimum Gasteiger partial charge on any atom is -0.484 e. The van der Waals surface area contributed by atoms with Crippen LogP contribution in [0.5, 0.6) is 5.75 Å². The zero-order chi connectivity index (χ0) is 17.6. The summed E-state index contributed by atoms with van der Waals surface area (Å²) < 4.78 is 31.2. The molecule has 0 spiro atoms. The Bertz CT molecular complexity index is 882. The molecule has 3 nitrogen and oxygen atoms in total. The van der Waals surface area contributed by atoms with Gasteiger partial charge in [0.25, 0.3) is 5.91 Å². The molecule has 1 amide bonds. The Morgan fingerprint density at radius 3 is 2.36 bits per heavy atom. The number of amides is 1. The SMILES string of the molecule is O=C(COc1ccc(F)c(F)c1)Nc1ccccc1-c1ccccc1. The molecule has 3 rings (SSSR count). The second kappa shape index (κ2) is 7.57. The lowest BCUT2D eigenvalue weighted by Crippen LogP contribution is -2.20. The molecule has 0 aromatic heterocycles. The van der Waals surface area contributed by atoms with E-state index in [-0.39, 0.29) is 12.4 Å². The maximum absolute atomic E-state index is 13.1. The van der Waals surface area contributed by atoms with E-state index < -0.39 is 17.5 Å². The molecule has 3 aromatic rings. The Hall–Kier alpha value is -3.21. The largest absolute Gasteiger partial charge is 0.484 e. The monoisotopic (exact) mass is 339 g/mol. The molecule has 0 unspecified atom stereocenters. The van der Waals surface area contributed by atoms with E-state index >= 15 is 0 Å². The average Bonchev–Trinajstić information content (AvgIpc) is 2.64. The van der Waals surface area contributed by atoms with Crippen LogP contribution in [0.25, 0.3) is 11.1 Å². The van der Waals surface area contributed by atoms with E-state index in [4.69, 9.17) is 4.74 Å². The third-order valence-corrected chi connectivity index (χ3v) is 3.55. The second-order valence-electron chi connectivity index (χ2n) is 5.32. The van der Waals surface area contributed by atoms with Crippen molar-refractivity contribution in [3.05, 3.63) is 84.4 Å². The number of rotatable bonds is 5. The van der Waals surface area contributed by atoms with Crippen LogP contribution in [0.4, 0.5) is 14.5 Å². The van der Waals surface area contributed by atoms with Crippen LogP contribution in [-0.2, 0) is 4.79 Å². The Labute approximate surface area is 143 Å². The summed E-state index contributed by atoms with van der Waals surface area (Å²) in [6, 6.07) is 20.2. The van der Waals surface area contributed by atoms with E-state index in [1.165, 1.54) is 6.07 Å². The number of hydrogen-bond acceptors (Lipinski definition) is 2. The van der Waals surface area contributed by atoms with Crippen molar-refractivity contribution in [2.24, 2.45) is 0 Å². The zero-order valence-electron chi connectivity index (χ0n) is 13.2. The summed E-state index contributed by atoms with van der Waals surface area (Å²) >= 11 is 0. The van der Waals surface area contributed by atoms with E-state index in [1.807, 2.05) is 48.5 Å². The van der Waals surface area contributed by atoms with Gasteiger partial charge >= 0.3 is 0 Å². The van der Waals surface area contributed by atoms with Crippen molar-refractivity contribution < 1.29 is 18.3 Å². The molecule has 0 radical (unpaired) electrons. The van der Waals surface area contributed by atoms with Crippen LogP contribution >= 0.6 is 0 Å². The van der Waals surface area contributed by atoms with Gasteiger partial charge in [-0.3, -0.25) is 4.79 Å². The lowest BCUT2D eigenvalue weighted by atomic mass is 10.0. The lowest BCUT2D eigenvalue weighted by molar-refractivity contribution is -0.118. The van der Waals surface area contributed by atoms with Crippen LogP contribution in [-0.4, -0.2) is 12.5 Å². The standard InChI is InChI=1S/C20H15F2NO2/c21-17-11-10-15(12-18(17)22)25-13-20(24)23-19-9-5-4-8-16(19)14-6-2-1-3-7-14/h1-12H,13H2,(H,23,24). The van der Waals surface area contributed by atoms with Gasteiger partial charge in [-0.1, -0.05) is 48.5 Å². The fraction of sp³-hybridized carbons (Fsp3) is 0.0500. The molecule has 0 aliphatic heterocycles. The summed E-state index contributed by atoms with van der Waals surface area (Å²) in [5.41, 5.74) is 2.50. The molecule has 0 bridgehead atoms. The van der Waals surface area contributed by atoms with E-state index in [0.29, 0.717) is 5.69 Å². The van der Waals surface area contributed by atoms with Crippen molar-refractivity contribution in [3.8, 4) is 16.9 Å². The summed E-state index contributed by atoms with van der Waals surface area (Å²) in [5, 5.41) is 2.77. The van der Waals surface area contributed by atoms with Crippen LogP contribution in [0.15, 0.2) is 72.8 Å². The lowest BCUT2D eigenvalue weighted by Gasteiger charge is -2.12.